The van der Waals surface area contributed by atoms with Crippen LogP contribution in [0.25, 0.3) is 0 Å². The molecule has 0 bridgehead atoms. The highest BCUT2D eigenvalue weighted by molar-refractivity contribution is 8.00. The van der Waals surface area contributed by atoms with Gasteiger partial charge in [0.15, 0.2) is 5.78 Å². The van der Waals surface area contributed by atoms with Gasteiger partial charge in [-0.25, -0.2) is 0 Å². The molecule has 1 aliphatic carbocycles. The molecule has 0 heterocycles. The van der Waals surface area contributed by atoms with Crippen LogP contribution in [0, 0.1) is 5.92 Å². The predicted molar refractivity (Wildman–Crippen MR) is 69.2 cm³/mol. The number of Topliss-reactive ketones (excluding diaryl/α,β-unsaturated/α-hetero) is 3. The quantitative estimate of drug-likeness (QED) is 0.656. The van der Waals surface area contributed by atoms with E-state index < -0.39 is 5.92 Å². The second-order valence-corrected chi connectivity index (χ2v) is 5.89. The zero-order valence-electron chi connectivity index (χ0n) is 10.5. The Morgan fingerprint density at radius 2 is 2.12 bits per heavy atom. The summed E-state index contributed by atoms with van der Waals surface area (Å²) in [5.74, 6) is 0.803. The minimum absolute atomic E-state index is 0.0761. The first-order chi connectivity index (χ1) is 8.06. The minimum Gasteiger partial charge on any atom is -0.300 e. The molecule has 0 saturated heterocycles. The fourth-order valence-corrected chi connectivity index (χ4v) is 3.20. The van der Waals surface area contributed by atoms with E-state index in [-0.39, 0.29) is 22.6 Å². The fraction of sp³-hybridized carbons (Fsp3) is 0.769. The Hall–Kier alpha value is -0.640. The molecular formula is C13H20O3S. The summed E-state index contributed by atoms with van der Waals surface area (Å²) in [6.07, 6.45) is 3.11. The van der Waals surface area contributed by atoms with E-state index in [0.29, 0.717) is 25.7 Å². The molecule has 2 unspecified atom stereocenters. The third-order valence-corrected chi connectivity index (χ3v) is 4.43. The first-order valence-corrected chi connectivity index (χ1v) is 7.28. The van der Waals surface area contributed by atoms with Gasteiger partial charge in [-0.15, -0.1) is 0 Å². The maximum absolute atomic E-state index is 12.0. The lowest BCUT2D eigenvalue weighted by molar-refractivity contribution is -0.127. The van der Waals surface area contributed by atoms with Crippen molar-refractivity contribution in [2.45, 2.75) is 51.2 Å². The van der Waals surface area contributed by atoms with Crippen LogP contribution in [0.5, 0.6) is 0 Å². The summed E-state index contributed by atoms with van der Waals surface area (Å²) < 4.78 is 0. The number of rotatable bonds is 7. The van der Waals surface area contributed by atoms with Gasteiger partial charge in [0.2, 0.25) is 0 Å². The van der Waals surface area contributed by atoms with Crippen molar-refractivity contribution < 1.29 is 14.4 Å². The van der Waals surface area contributed by atoms with Crippen LogP contribution >= 0.6 is 11.8 Å². The highest BCUT2D eigenvalue weighted by Gasteiger charge is 2.40. The average Bonchev–Trinajstić information content (AvgIpc) is 2.53. The summed E-state index contributed by atoms with van der Waals surface area (Å²) >= 11 is 1.60. The van der Waals surface area contributed by atoms with Crippen LogP contribution in [-0.2, 0) is 14.4 Å². The summed E-state index contributed by atoms with van der Waals surface area (Å²) in [5.41, 5.74) is 0. The van der Waals surface area contributed by atoms with Gasteiger partial charge >= 0.3 is 0 Å². The first-order valence-electron chi connectivity index (χ1n) is 6.23. The van der Waals surface area contributed by atoms with Gasteiger partial charge in [0, 0.05) is 12.8 Å². The van der Waals surface area contributed by atoms with E-state index in [9.17, 15) is 14.4 Å². The topological polar surface area (TPSA) is 51.2 Å². The van der Waals surface area contributed by atoms with E-state index in [1.54, 1.807) is 11.8 Å². The molecule has 0 radical (unpaired) electrons. The van der Waals surface area contributed by atoms with Crippen LogP contribution in [0.2, 0.25) is 0 Å². The van der Waals surface area contributed by atoms with Gasteiger partial charge in [-0.2, -0.15) is 11.8 Å². The Kier molecular flexibility index (Phi) is 5.89. The van der Waals surface area contributed by atoms with Crippen LogP contribution in [-0.4, -0.2) is 28.4 Å². The van der Waals surface area contributed by atoms with Gasteiger partial charge in [0.1, 0.15) is 11.6 Å². The lowest BCUT2D eigenvalue weighted by Gasteiger charge is -2.08. The van der Waals surface area contributed by atoms with Crippen molar-refractivity contribution in [2.75, 3.05) is 5.75 Å². The molecule has 17 heavy (non-hydrogen) atoms. The van der Waals surface area contributed by atoms with E-state index in [0.717, 1.165) is 12.2 Å². The van der Waals surface area contributed by atoms with E-state index in [2.05, 4.69) is 6.92 Å². The Balaban J connectivity index is 2.42. The molecule has 1 fully saturated rings. The predicted octanol–water partition coefficient (Wildman–Crippen LogP) is 2.42. The van der Waals surface area contributed by atoms with Crippen molar-refractivity contribution in [2.24, 2.45) is 5.92 Å². The minimum atomic E-state index is -0.427. The molecule has 0 N–H and O–H groups in total. The Labute approximate surface area is 107 Å². The summed E-state index contributed by atoms with van der Waals surface area (Å²) in [7, 11) is 0. The molecule has 0 amide bonds. The molecule has 4 heteroatoms. The number of thioether (sulfide) groups is 1. The second-order valence-electron chi connectivity index (χ2n) is 4.58. The van der Waals surface area contributed by atoms with Crippen LogP contribution in [0.15, 0.2) is 0 Å². The number of carbonyl (C=O) groups excluding carboxylic acids is 3. The normalized spacial score (nSPS) is 24.4. The Morgan fingerprint density at radius 3 is 2.71 bits per heavy atom. The number of hydrogen-bond donors (Lipinski definition) is 0. The molecule has 0 aromatic rings. The third kappa shape index (κ3) is 4.26. The van der Waals surface area contributed by atoms with E-state index in [4.69, 9.17) is 0 Å². The van der Waals surface area contributed by atoms with Crippen LogP contribution < -0.4 is 0 Å². The van der Waals surface area contributed by atoms with Gasteiger partial charge in [0.25, 0.3) is 0 Å². The summed E-state index contributed by atoms with van der Waals surface area (Å²) in [6.45, 7) is 3.61. The molecule has 0 aliphatic heterocycles. The maximum atomic E-state index is 12.0. The molecule has 3 nitrogen and oxygen atoms in total. The molecule has 1 aliphatic rings. The molecule has 96 valence electrons. The van der Waals surface area contributed by atoms with Gasteiger partial charge in [-0.1, -0.05) is 6.92 Å². The first kappa shape index (κ1) is 14.4. The van der Waals surface area contributed by atoms with Gasteiger partial charge in [-0.3, -0.25) is 9.59 Å². The molecule has 0 aromatic heterocycles. The average molecular weight is 256 g/mol. The highest BCUT2D eigenvalue weighted by Crippen LogP contribution is 2.31. The Morgan fingerprint density at radius 1 is 1.41 bits per heavy atom. The second kappa shape index (κ2) is 6.94. The van der Waals surface area contributed by atoms with E-state index in [1.807, 2.05) is 0 Å². The lowest BCUT2D eigenvalue weighted by atomic mass is 9.98. The third-order valence-electron chi connectivity index (χ3n) is 2.98. The van der Waals surface area contributed by atoms with Gasteiger partial charge in [0.05, 0.1) is 11.2 Å². The summed E-state index contributed by atoms with van der Waals surface area (Å²) in [6, 6.07) is 0. The summed E-state index contributed by atoms with van der Waals surface area (Å²) in [5, 5.41) is -0.121. The number of carbonyl (C=O) groups is 3. The van der Waals surface area contributed by atoms with Crippen molar-refractivity contribution in [3.05, 3.63) is 0 Å². The number of ketones is 3. The van der Waals surface area contributed by atoms with Crippen molar-refractivity contribution in [3.63, 3.8) is 0 Å². The van der Waals surface area contributed by atoms with E-state index in [1.165, 1.54) is 6.92 Å². The molecule has 1 saturated carbocycles. The molecule has 2 atom stereocenters. The summed E-state index contributed by atoms with van der Waals surface area (Å²) in [4.78, 5) is 34.5. The molecule has 0 spiro atoms. The SMILES string of the molecule is CCCSC1CC(=O)C(CCCC(C)=O)C1=O. The number of hydrogen-bond acceptors (Lipinski definition) is 4. The van der Waals surface area contributed by atoms with Crippen molar-refractivity contribution in [1.82, 2.24) is 0 Å². The van der Waals surface area contributed by atoms with Crippen LogP contribution in [0.1, 0.15) is 46.0 Å². The zero-order valence-corrected chi connectivity index (χ0v) is 11.3. The van der Waals surface area contributed by atoms with Crippen molar-refractivity contribution >= 4 is 29.1 Å². The van der Waals surface area contributed by atoms with Gasteiger partial charge < -0.3 is 4.79 Å². The highest BCUT2D eigenvalue weighted by atomic mass is 32.2. The van der Waals surface area contributed by atoms with Crippen molar-refractivity contribution in [3.8, 4) is 0 Å². The van der Waals surface area contributed by atoms with E-state index >= 15 is 0 Å². The maximum Gasteiger partial charge on any atom is 0.156 e. The fourth-order valence-electron chi connectivity index (χ4n) is 2.07. The van der Waals surface area contributed by atoms with Crippen molar-refractivity contribution in [1.29, 1.82) is 0 Å². The lowest BCUT2D eigenvalue weighted by Crippen LogP contribution is -2.18. The molecular weight excluding hydrogens is 236 g/mol. The smallest absolute Gasteiger partial charge is 0.156 e. The van der Waals surface area contributed by atoms with Crippen LogP contribution in [0.4, 0.5) is 0 Å². The van der Waals surface area contributed by atoms with Crippen LogP contribution in [0.3, 0.4) is 0 Å². The Bertz CT molecular complexity index is 312. The zero-order chi connectivity index (χ0) is 12.8. The molecule has 0 aromatic carbocycles. The largest absolute Gasteiger partial charge is 0.300 e. The standard InChI is InChI=1S/C13H20O3S/c1-3-7-17-12-8-11(15)10(13(12)16)6-4-5-9(2)14/h10,12H,3-8H2,1-2H3. The molecule has 1 rings (SSSR count). The monoisotopic (exact) mass is 256 g/mol. The van der Waals surface area contributed by atoms with Gasteiger partial charge in [-0.05, 0) is 31.9 Å².